The molecule has 1 aromatic rings. The van der Waals surface area contributed by atoms with Gasteiger partial charge in [0.2, 0.25) is 5.91 Å². The van der Waals surface area contributed by atoms with E-state index in [1.165, 1.54) is 30.7 Å². The van der Waals surface area contributed by atoms with Crippen LogP contribution in [-0.4, -0.2) is 29.3 Å². The van der Waals surface area contributed by atoms with Gasteiger partial charge in [-0.3, -0.25) is 19.7 Å². The summed E-state index contributed by atoms with van der Waals surface area (Å²) in [5.74, 6) is 0.318. The Labute approximate surface area is 166 Å². The molecular formula is C21H31N3O4. The van der Waals surface area contributed by atoms with E-state index >= 15 is 0 Å². The number of amides is 2. The fourth-order valence-corrected chi connectivity index (χ4v) is 3.73. The van der Waals surface area contributed by atoms with Crippen LogP contribution in [0, 0.1) is 21.4 Å². The van der Waals surface area contributed by atoms with Gasteiger partial charge in [0.05, 0.1) is 4.92 Å². The van der Waals surface area contributed by atoms with Crippen molar-refractivity contribution in [3.8, 4) is 0 Å². The molecule has 1 aromatic carbocycles. The molecule has 0 unspecified atom stereocenters. The topological polar surface area (TPSA) is 101 Å². The molecule has 7 nitrogen and oxygen atoms in total. The molecule has 2 amide bonds. The summed E-state index contributed by atoms with van der Waals surface area (Å²) in [6.07, 6.45) is 5.69. The Morgan fingerprint density at radius 2 is 1.75 bits per heavy atom. The summed E-state index contributed by atoms with van der Waals surface area (Å²) >= 11 is 0. The van der Waals surface area contributed by atoms with Crippen LogP contribution in [0.1, 0.15) is 69.7 Å². The molecule has 1 aliphatic rings. The zero-order valence-electron chi connectivity index (χ0n) is 17.0. The van der Waals surface area contributed by atoms with E-state index in [9.17, 15) is 19.7 Å². The van der Waals surface area contributed by atoms with Gasteiger partial charge in [0.15, 0.2) is 0 Å². The molecule has 2 N–H and O–H groups in total. The summed E-state index contributed by atoms with van der Waals surface area (Å²) in [7, 11) is 0. The second-order valence-corrected chi connectivity index (χ2v) is 8.27. The Morgan fingerprint density at radius 1 is 1.14 bits per heavy atom. The van der Waals surface area contributed by atoms with Gasteiger partial charge in [-0.15, -0.1) is 0 Å². The number of rotatable bonds is 8. The molecular weight excluding hydrogens is 358 g/mol. The monoisotopic (exact) mass is 389 g/mol. The van der Waals surface area contributed by atoms with Crippen molar-refractivity contribution < 1.29 is 14.5 Å². The van der Waals surface area contributed by atoms with Gasteiger partial charge in [-0.2, -0.15) is 0 Å². The molecule has 0 aliphatic heterocycles. The lowest BCUT2D eigenvalue weighted by Gasteiger charge is -2.39. The van der Waals surface area contributed by atoms with E-state index in [1.54, 1.807) is 0 Å². The second kappa shape index (κ2) is 9.66. The Balaban J connectivity index is 1.69. The van der Waals surface area contributed by atoms with E-state index in [-0.39, 0.29) is 36.5 Å². The van der Waals surface area contributed by atoms with Crippen LogP contribution in [0.25, 0.3) is 0 Å². The third kappa shape index (κ3) is 6.04. The molecule has 0 spiro atoms. The molecule has 1 aliphatic carbocycles. The van der Waals surface area contributed by atoms with Gasteiger partial charge in [-0.25, -0.2) is 0 Å². The van der Waals surface area contributed by atoms with Gasteiger partial charge >= 0.3 is 0 Å². The van der Waals surface area contributed by atoms with E-state index in [4.69, 9.17) is 0 Å². The van der Waals surface area contributed by atoms with E-state index in [0.717, 1.165) is 25.7 Å². The fraction of sp³-hybridized carbons (Fsp3) is 0.619. The summed E-state index contributed by atoms with van der Waals surface area (Å²) < 4.78 is 0. The number of nitrogens with zero attached hydrogens (tertiary/aromatic N) is 1. The summed E-state index contributed by atoms with van der Waals surface area (Å²) in [6.45, 7) is 7.12. The summed E-state index contributed by atoms with van der Waals surface area (Å²) in [5.41, 5.74) is 0.632. The lowest BCUT2D eigenvalue weighted by atomic mass is 9.69. The van der Waals surface area contributed by atoms with Gasteiger partial charge in [-0.05, 0) is 49.1 Å². The van der Waals surface area contributed by atoms with Crippen molar-refractivity contribution in [3.63, 3.8) is 0 Å². The van der Waals surface area contributed by atoms with Crippen LogP contribution in [-0.2, 0) is 4.79 Å². The maximum absolute atomic E-state index is 12.1. The molecule has 154 valence electrons. The van der Waals surface area contributed by atoms with Crippen LogP contribution in [0.5, 0.6) is 0 Å². The predicted octanol–water partition coefficient (Wildman–Crippen LogP) is 3.83. The summed E-state index contributed by atoms with van der Waals surface area (Å²) in [6, 6.07) is 5.62. The van der Waals surface area contributed by atoms with E-state index in [0.29, 0.717) is 16.9 Å². The number of nitrogens with one attached hydrogen (secondary N) is 2. The number of carbonyl (C=O) groups excluding carboxylic acids is 2. The number of hydrogen-bond acceptors (Lipinski definition) is 4. The SMILES string of the molecule is CCC(C)(C)C1CCC(NC(=O)CCNC(=O)c2ccc([N+](=O)[O-])cc2)CC1. The quantitative estimate of drug-likeness (QED) is 0.521. The van der Waals surface area contributed by atoms with Crippen LogP contribution in [0.4, 0.5) is 5.69 Å². The maximum atomic E-state index is 12.1. The number of carbonyl (C=O) groups is 2. The highest BCUT2D eigenvalue weighted by Crippen LogP contribution is 2.40. The first-order chi connectivity index (χ1) is 13.2. The summed E-state index contributed by atoms with van der Waals surface area (Å²) in [4.78, 5) is 34.3. The first-order valence-corrected chi connectivity index (χ1v) is 10.0. The van der Waals surface area contributed by atoms with Crippen molar-refractivity contribution in [2.45, 2.75) is 65.3 Å². The van der Waals surface area contributed by atoms with Crippen LogP contribution >= 0.6 is 0 Å². The Hall–Kier alpha value is -2.44. The van der Waals surface area contributed by atoms with Crippen molar-refractivity contribution in [3.05, 3.63) is 39.9 Å². The lowest BCUT2D eigenvalue weighted by Crippen LogP contribution is -2.41. The van der Waals surface area contributed by atoms with Gasteiger partial charge < -0.3 is 10.6 Å². The highest BCUT2D eigenvalue weighted by atomic mass is 16.6. The lowest BCUT2D eigenvalue weighted by molar-refractivity contribution is -0.384. The molecule has 1 fully saturated rings. The van der Waals surface area contributed by atoms with Gasteiger partial charge in [0, 0.05) is 36.7 Å². The van der Waals surface area contributed by atoms with Crippen LogP contribution in [0.2, 0.25) is 0 Å². The van der Waals surface area contributed by atoms with E-state index in [1.807, 2.05) is 0 Å². The maximum Gasteiger partial charge on any atom is 0.269 e. The van der Waals surface area contributed by atoms with E-state index in [2.05, 4.69) is 31.4 Å². The van der Waals surface area contributed by atoms with Gasteiger partial charge in [0.25, 0.3) is 11.6 Å². The summed E-state index contributed by atoms with van der Waals surface area (Å²) in [5, 5.41) is 16.4. The zero-order chi connectivity index (χ0) is 20.7. The van der Waals surface area contributed by atoms with Crippen molar-refractivity contribution in [1.82, 2.24) is 10.6 Å². The fourth-order valence-electron chi connectivity index (χ4n) is 3.73. The first-order valence-electron chi connectivity index (χ1n) is 10.0. The highest BCUT2D eigenvalue weighted by Gasteiger charge is 2.32. The number of non-ortho nitro benzene ring substituents is 1. The molecule has 0 heterocycles. The Kier molecular flexibility index (Phi) is 7.54. The average molecular weight is 389 g/mol. The largest absolute Gasteiger partial charge is 0.353 e. The van der Waals surface area contributed by atoms with E-state index < -0.39 is 4.92 Å². The standard InChI is InChI=1S/C21H31N3O4/c1-4-21(2,3)16-7-9-17(10-8-16)23-19(25)13-14-22-20(26)15-5-11-18(12-6-15)24(27)28/h5-6,11-12,16-17H,4,7-10,13-14H2,1-3H3,(H,22,26)(H,23,25). The Morgan fingerprint density at radius 3 is 2.29 bits per heavy atom. The predicted molar refractivity (Wildman–Crippen MR) is 108 cm³/mol. The Bertz CT molecular complexity index is 692. The zero-order valence-corrected chi connectivity index (χ0v) is 17.0. The minimum atomic E-state index is -0.511. The number of hydrogen-bond donors (Lipinski definition) is 2. The van der Waals surface area contributed by atoms with Crippen LogP contribution < -0.4 is 10.6 Å². The molecule has 0 bridgehead atoms. The minimum Gasteiger partial charge on any atom is -0.353 e. The molecule has 7 heteroatoms. The number of nitro benzene ring substituents is 1. The van der Waals surface area contributed by atoms with Gasteiger partial charge in [0.1, 0.15) is 0 Å². The van der Waals surface area contributed by atoms with Crippen molar-refractivity contribution >= 4 is 17.5 Å². The van der Waals surface area contributed by atoms with Crippen LogP contribution in [0.3, 0.4) is 0 Å². The van der Waals surface area contributed by atoms with Crippen LogP contribution in [0.15, 0.2) is 24.3 Å². The molecule has 28 heavy (non-hydrogen) atoms. The molecule has 0 radical (unpaired) electrons. The number of benzene rings is 1. The van der Waals surface area contributed by atoms with Crippen molar-refractivity contribution in [1.29, 1.82) is 0 Å². The third-order valence-electron chi connectivity index (χ3n) is 6.09. The van der Waals surface area contributed by atoms with Crippen molar-refractivity contribution in [2.24, 2.45) is 11.3 Å². The minimum absolute atomic E-state index is 0.0535. The second-order valence-electron chi connectivity index (χ2n) is 8.27. The highest BCUT2D eigenvalue weighted by molar-refractivity contribution is 5.94. The molecule has 0 aromatic heterocycles. The molecule has 0 saturated heterocycles. The first kappa shape index (κ1) is 21.9. The third-order valence-corrected chi connectivity index (χ3v) is 6.09. The van der Waals surface area contributed by atoms with Crippen molar-refractivity contribution in [2.75, 3.05) is 6.54 Å². The normalized spacial score (nSPS) is 19.7. The van der Waals surface area contributed by atoms with Gasteiger partial charge in [-0.1, -0.05) is 27.2 Å². The molecule has 0 atom stereocenters. The average Bonchev–Trinajstić information content (AvgIpc) is 2.68. The smallest absolute Gasteiger partial charge is 0.269 e. The molecule has 2 rings (SSSR count). The molecule has 1 saturated carbocycles. The number of nitro groups is 1.